The van der Waals surface area contributed by atoms with Crippen molar-refractivity contribution in [2.75, 3.05) is 0 Å². The van der Waals surface area contributed by atoms with Gasteiger partial charge in [-0.25, -0.2) is 0 Å². The van der Waals surface area contributed by atoms with Gasteiger partial charge in [0.25, 0.3) is 0 Å². The summed E-state index contributed by atoms with van der Waals surface area (Å²) in [6.45, 7) is 0. The number of hydrogen-bond acceptors (Lipinski definition) is 4. The molecule has 0 amide bonds. The van der Waals surface area contributed by atoms with Gasteiger partial charge in [-0.15, -0.1) is 0 Å². The highest BCUT2D eigenvalue weighted by Gasteiger charge is 2.14. The summed E-state index contributed by atoms with van der Waals surface area (Å²) in [5.41, 5.74) is 7.29. The van der Waals surface area contributed by atoms with Crippen LogP contribution in [0.1, 0.15) is 5.56 Å². The Morgan fingerprint density at radius 1 is 1.50 bits per heavy atom. The molecule has 0 aliphatic heterocycles. The molecule has 5 nitrogen and oxygen atoms in total. The summed E-state index contributed by atoms with van der Waals surface area (Å²) in [6, 6.07) is 7.95. The summed E-state index contributed by atoms with van der Waals surface area (Å²) in [4.78, 5) is 13.3. The van der Waals surface area contributed by atoms with Crippen LogP contribution in [0.5, 0.6) is 0 Å². The van der Waals surface area contributed by atoms with Gasteiger partial charge in [-0.05, 0) is 5.56 Å². The minimum atomic E-state index is -1.31. The van der Waals surface area contributed by atoms with Gasteiger partial charge in [-0.1, -0.05) is 30.3 Å². The van der Waals surface area contributed by atoms with Gasteiger partial charge in [0.05, 0.1) is 5.97 Å². The fourth-order valence-electron chi connectivity index (χ4n) is 1.08. The number of aliphatic carboxylic acids is 1. The van der Waals surface area contributed by atoms with Crippen molar-refractivity contribution in [1.29, 1.82) is 5.53 Å². The molecule has 0 saturated carbocycles. The third-order valence-corrected chi connectivity index (χ3v) is 1.74. The fourth-order valence-corrected chi connectivity index (χ4v) is 1.08. The Morgan fingerprint density at radius 2 is 2.14 bits per heavy atom. The Labute approximate surface area is 80.6 Å². The first kappa shape index (κ1) is 10.1. The molecular weight excluding hydrogens is 182 g/mol. The van der Waals surface area contributed by atoms with Crippen molar-refractivity contribution in [2.45, 2.75) is 12.5 Å². The number of nitrogens with zero attached hydrogens (tertiary/aromatic N) is 2. The van der Waals surface area contributed by atoms with Gasteiger partial charge in [0.2, 0.25) is 4.91 Å². The van der Waals surface area contributed by atoms with E-state index in [1.54, 1.807) is 24.3 Å². The molecule has 72 valence electrons. The quantitative estimate of drug-likeness (QED) is 0.531. The van der Waals surface area contributed by atoms with Crippen LogP contribution in [0.4, 0.5) is 0 Å². The lowest BCUT2D eigenvalue weighted by molar-refractivity contribution is -0.307. The molecule has 1 aromatic carbocycles. The van der Waals surface area contributed by atoms with Crippen molar-refractivity contribution in [3.8, 4) is 0 Å². The fraction of sp³-hybridized carbons (Fsp3) is 0.222. The van der Waals surface area contributed by atoms with E-state index in [1.165, 1.54) is 0 Å². The SMILES string of the molecule is N=[N+]=NC(Cc1ccccc1)C(=O)[O-]. The molecule has 5 heteroatoms. The Bertz CT molecular complexity index is 356. The highest BCUT2D eigenvalue weighted by molar-refractivity contribution is 5.71. The average molecular weight is 191 g/mol. The molecule has 1 aromatic rings. The standard InChI is InChI=1S/C9H9N3O2/c10-12-11-8(9(13)14)6-7-4-2-1-3-5-7/h1-5,8,10H,6H2. The summed E-state index contributed by atoms with van der Waals surface area (Å²) in [7, 11) is 0. The maximum Gasteiger partial charge on any atom is 0.214 e. The number of rotatable bonds is 4. The zero-order chi connectivity index (χ0) is 10.4. The molecule has 14 heavy (non-hydrogen) atoms. The van der Waals surface area contributed by atoms with Gasteiger partial charge < -0.3 is 9.90 Å². The van der Waals surface area contributed by atoms with E-state index >= 15 is 0 Å². The monoisotopic (exact) mass is 191 g/mol. The number of carboxylic acids is 1. The molecule has 0 aliphatic carbocycles. The average Bonchev–Trinajstić information content (AvgIpc) is 2.18. The van der Waals surface area contributed by atoms with Crippen molar-refractivity contribution in [1.82, 2.24) is 4.91 Å². The van der Waals surface area contributed by atoms with E-state index < -0.39 is 12.0 Å². The van der Waals surface area contributed by atoms with Crippen LogP contribution in [0, 0.1) is 5.53 Å². The van der Waals surface area contributed by atoms with E-state index in [1.807, 2.05) is 6.07 Å². The smallest absolute Gasteiger partial charge is 0.214 e. The second-order valence-corrected chi connectivity index (χ2v) is 2.74. The molecule has 1 rings (SSSR count). The summed E-state index contributed by atoms with van der Waals surface area (Å²) in [5, 5.41) is 13.8. The minimum Gasteiger partial charge on any atom is -0.548 e. The van der Waals surface area contributed by atoms with Crippen LogP contribution < -0.4 is 10.0 Å². The minimum absolute atomic E-state index is 0.200. The Balaban J connectivity index is 2.75. The second kappa shape index (κ2) is 4.89. The molecule has 1 unspecified atom stereocenters. The van der Waals surface area contributed by atoms with E-state index in [-0.39, 0.29) is 6.42 Å². The first-order valence-corrected chi connectivity index (χ1v) is 4.05. The first-order chi connectivity index (χ1) is 6.74. The van der Waals surface area contributed by atoms with Gasteiger partial charge in [-0.3, -0.25) is 0 Å². The Kier molecular flexibility index (Phi) is 3.52. The number of nitrogens with one attached hydrogen (secondary N) is 1. The molecule has 0 fully saturated rings. The highest BCUT2D eigenvalue weighted by Crippen LogP contribution is 2.04. The molecule has 0 radical (unpaired) electrons. The van der Waals surface area contributed by atoms with Crippen molar-refractivity contribution in [2.24, 2.45) is 5.11 Å². The third-order valence-electron chi connectivity index (χ3n) is 1.74. The maximum atomic E-state index is 10.5. The zero-order valence-electron chi connectivity index (χ0n) is 7.38. The first-order valence-electron chi connectivity index (χ1n) is 4.05. The molecule has 0 heterocycles. The van der Waals surface area contributed by atoms with Crippen LogP contribution in [0.2, 0.25) is 0 Å². The van der Waals surface area contributed by atoms with Crippen LogP contribution in [-0.2, 0) is 11.2 Å². The lowest BCUT2D eigenvalue weighted by Gasteiger charge is -2.06. The molecule has 0 saturated heterocycles. The second-order valence-electron chi connectivity index (χ2n) is 2.74. The van der Waals surface area contributed by atoms with E-state index in [4.69, 9.17) is 5.53 Å². The van der Waals surface area contributed by atoms with Crippen LogP contribution >= 0.6 is 0 Å². The number of carbonyl (C=O) groups excluding carboxylic acids is 1. The third kappa shape index (κ3) is 2.80. The molecule has 1 atom stereocenters. The number of carboxylic acid groups (broad SMARTS) is 1. The lowest BCUT2D eigenvalue weighted by atomic mass is 10.1. The predicted molar refractivity (Wildman–Crippen MR) is 46.2 cm³/mol. The Morgan fingerprint density at radius 3 is 2.64 bits per heavy atom. The number of benzene rings is 1. The van der Waals surface area contributed by atoms with Gasteiger partial charge in [-0.2, -0.15) is 0 Å². The number of hydrogen-bond donors (Lipinski definition) is 1. The predicted octanol–water partition coefficient (Wildman–Crippen LogP) is -0.102. The van der Waals surface area contributed by atoms with E-state index in [9.17, 15) is 9.90 Å². The molecule has 0 bridgehead atoms. The summed E-state index contributed by atoms with van der Waals surface area (Å²) >= 11 is 0. The number of carbonyl (C=O) groups is 1. The van der Waals surface area contributed by atoms with Crippen molar-refractivity contribution in [3.05, 3.63) is 35.9 Å². The van der Waals surface area contributed by atoms with Gasteiger partial charge in [0, 0.05) is 6.42 Å². The van der Waals surface area contributed by atoms with Crippen LogP contribution in [0.25, 0.3) is 0 Å². The Hall–Kier alpha value is -2.00. The lowest BCUT2D eigenvalue weighted by Crippen LogP contribution is -2.35. The summed E-state index contributed by atoms with van der Waals surface area (Å²) < 4.78 is 0. The van der Waals surface area contributed by atoms with Gasteiger partial charge >= 0.3 is 0 Å². The molecule has 0 aromatic heterocycles. The van der Waals surface area contributed by atoms with E-state index in [0.29, 0.717) is 0 Å². The summed E-state index contributed by atoms with van der Waals surface area (Å²) in [5.74, 6) is -1.31. The molecule has 0 aliphatic rings. The highest BCUT2D eigenvalue weighted by atomic mass is 16.4. The van der Waals surface area contributed by atoms with Crippen molar-refractivity contribution < 1.29 is 9.90 Å². The molecule has 1 N–H and O–H groups in total. The van der Waals surface area contributed by atoms with Crippen molar-refractivity contribution >= 4 is 5.97 Å². The topological polar surface area (TPSA) is 90.4 Å². The van der Waals surface area contributed by atoms with Gasteiger partial charge in [0.1, 0.15) is 10.6 Å². The normalized spacial score (nSPS) is 11.4. The largest absolute Gasteiger partial charge is 0.548 e. The van der Waals surface area contributed by atoms with E-state index in [0.717, 1.165) is 5.56 Å². The molecule has 0 spiro atoms. The van der Waals surface area contributed by atoms with Crippen LogP contribution in [0.15, 0.2) is 35.4 Å². The van der Waals surface area contributed by atoms with Gasteiger partial charge in [0.15, 0.2) is 6.04 Å². The van der Waals surface area contributed by atoms with Crippen molar-refractivity contribution in [3.63, 3.8) is 0 Å². The molecular formula is C9H9N3O2. The van der Waals surface area contributed by atoms with E-state index in [2.05, 4.69) is 10.0 Å². The summed E-state index contributed by atoms with van der Waals surface area (Å²) in [6.07, 6.45) is 0.200. The maximum absolute atomic E-state index is 10.5. The van der Waals surface area contributed by atoms with Crippen LogP contribution in [-0.4, -0.2) is 12.0 Å². The zero-order valence-corrected chi connectivity index (χ0v) is 7.38. The van der Waals surface area contributed by atoms with Crippen LogP contribution in [0.3, 0.4) is 0 Å².